The van der Waals surface area contributed by atoms with E-state index in [2.05, 4.69) is 16.4 Å². The fourth-order valence-corrected chi connectivity index (χ4v) is 0.980. The topological polar surface area (TPSA) is 37.0 Å². The standard InChI is InChI=1S/C9H16N2O/c1-10-5-7-12-6-3-9-2-4-11-8-9/h2,4,8,10-11H,3,5-7H2,1H3. The summed E-state index contributed by atoms with van der Waals surface area (Å²) in [6, 6.07) is 2.07. The molecule has 1 aromatic heterocycles. The van der Waals surface area contributed by atoms with Crippen LogP contribution in [0.2, 0.25) is 0 Å². The molecule has 1 rings (SSSR count). The second-order valence-electron chi connectivity index (χ2n) is 2.69. The zero-order valence-corrected chi connectivity index (χ0v) is 7.47. The van der Waals surface area contributed by atoms with Crippen LogP contribution in [-0.4, -0.2) is 31.8 Å². The third kappa shape index (κ3) is 3.55. The summed E-state index contributed by atoms with van der Waals surface area (Å²) in [5, 5.41) is 3.03. The predicted molar refractivity (Wildman–Crippen MR) is 49.2 cm³/mol. The number of rotatable bonds is 6. The minimum atomic E-state index is 0.793. The summed E-state index contributed by atoms with van der Waals surface area (Å²) >= 11 is 0. The average molecular weight is 168 g/mol. The Morgan fingerprint density at radius 1 is 1.50 bits per heavy atom. The molecule has 0 bridgehead atoms. The summed E-state index contributed by atoms with van der Waals surface area (Å²) < 4.78 is 5.37. The first-order valence-electron chi connectivity index (χ1n) is 4.27. The Morgan fingerprint density at radius 3 is 3.08 bits per heavy atom. The van der Waals surface area contributed by atoms with E-state index in [0.29, 0.717) is 0 Å². The molecule has 12 heavy (non-hydrogen) atoms. The summed E-state index contributed by atoms with van der Waals surface area (Å²) in [5.41, 5.74) is 1.31. The fraction of sp³-hybridized carbons (Fsp3) is 0.556. The molecule has 0 aliphatic carbocycles. The first kappa shape index (κ1) is 9.29. The van der Waals surface area contributed by atoms with Crippen molar-refractivity contribution in [1.29, 1.82) is 0 Å². The van der Waals surface area contributed by atoms with Gasteiger partial charge in [-0.15, -0.1) is 0 Å². The van der Waals surface area contributed by atoms with Crippen molar-refractivity contribution in [2.24, 2.45) is 0 Å². The van der Waals surface area contributed by atoms with Gasteiger partial charge in [0.15, 0.2) is 0 Å². The molecule has 0 unspecified atom stereocenters. The molecule has 3 nitrogen and oxygen atoms in total. The van der Waals surface area contributed by atoms with Gasteiger partial charge in [0.1, 0.15) is 0 Å². The number of nitrogens with one attached hydrogen (secondary N) is 2. The molecule has 1 aromatic rings. The van der Waals surface area contributed by atoms with Crippen LogP contribution in [0.1, 0.15) is 5.56 Å². The molecule has 0 amide bonds. The van der Waals surface area contributed by atoms with Gasteiger partial charge in [0.05, 0.1) is 13.2 Å². The Bertz CT molecular complexity index is 184. The van der Waals surface area contributed by atoms with Crippen molar-refractivity contribution in [2.45, 2.75) is 6.42 Å². The van der Waals surface area contributed by atoms with Gasteiger partial charge in [-0.2, -0.15) is 0 Å². The highest BCUT2D eigenvalue weighted by atomic mass is 16.5. The van der Waals surface area contributed by atoms with Crippen LogP contribution < -0.4 is 5.32 Å². The Kier molecular flexibility index (Phi) is 4.49. The van der Waals surface area contributed by atoms with E-state index in [1.54, 1.807) is 0 Å². The van der Waals surface area contributed by atoms with Crippen LogP contribution in [0.15, 0.2) is 18.5 Å². The SMILES string of the molecule is CNCCOCCc1cc[nH]c1. The number of H-pyrrole nitrogens is 1. The van der Waals surface area contributed by atoms with Gasteiger partial charge >= 0.3 is 0 Å². The molecule has 1 heterocycles. The molecule has 0 radical (unpaired) electrons. The summed E-state index contributed by atoms with van der Waals surface area (Å²) in [5.74, 6) is 0. The van der Waals surface area contributed by atoms with Crippen molar-refractivity contribution in [2.75, 3.05) is 26.8 Å². The molecule has 3 heteroatoms. The minimum Gasteiger partial charge on any atom is -0.380 e. The van der Waals surface area contributed by atoms with E-state index in [0.717, 1.165) is 26.2 Å². The third-order valence-corrected chi connectivity index (χ3v) is 1.69. The lowest BCUT2D eigenvalue weighted by atomic mass is 10.2. The van der Waals surface area contributed by atoms with E-state index in [1.165, 1.54) is 5.56 Å². The molecule has 0 fully saturated rings. The van der Waals surface area contributed by atoms with Crippen LogP contribution in [0.4, 0.5) is 0 Å². The van der Waals surface area contributed by atoms with Crippen molar-refractivity contribution < 1.29 is 4.74 Å². The maximum Gasteiger partial charge on any atom is 0.0590 e. The molecule has 0 spiro atoms. The van der Waals surface area contributed by atoms with E-state index in [-0.39, 0.29) is 0 Å². The molecule has 0 saturated heterocycles. The van der Waals surface area contributed by atoms with Gasteiger partial charge in [0, 0.05) is 18.9 Å². The first-order valence-corrected chi connectivity index (χ1v) is 4.27. The minimum absolute atomic E-state index is 0.793. The van der Waals surface area contributed by atoms with Gasteiger partial charge in [-0.1, -0.05) is 0 Å². The van der Waals surface area contributed by atoms with Gasteiger partial charge in [0.2, 0.25) is 0 Å². The molecule has 0 saturated carbocycles. The van der Waals surface area contributed by atoms with E-state index < -0.39 is 0 Å². The maximum atomic E-state index is 5.37. The lowest BCUT2D eigenvalue weighted by Crippen LogP contribution is -2.15. The second-order valence-corrected chi connectivity index (χ2v) is 2.69. The molecule has 68 valence electrons. The van der Waals surface area contributed by atoms with Gasteiger partial charge in [0.25, 0.3) is 0 Å². The molecule has 0 atom stereocenters. The number of hydrogen-bond donors (Lipinski definition) is 2. The van der Waals surface area contributed by atoms with Crippen LogP contribution >= 0.6 is 0 Å². The van der Waals surface area contributed by atoms with Gasteiger partial charge < -0.3 is 15.0 Å². The van der Waals surface area contributed by atoms with E-state index in [4.69, 9.17) is 4.74 Å². The number of likely N-dealkylation sites (N-methyl/N-ethyl adjacent to an activating group) is 1. The summed E-state index contributed by atoms with van der Waals surface area (Å²) in [6.45, 7) is 2.52. The Balaban J connectivity index is 1.96. The Morgan fingerprint density at radius 2 is 2.42 bits per heavy atom. The number of ether oxygens (including phenoxy) is 1. The van der Waals surface area contributed by atoms with Crippen molar-refractivity contribution in [3.05, 3.63) is 24.0 Å². The second kappa shape index (κ2) is 5.80. The van der Waals surface area contributed by atoms with Gasteiger partial charge in [-0.3, -0.25) is 0 Å². The lowest BCUT2D eigenvalue weighted by Gasteiger charge is -2.01. The molecule has 0 aromatic carbocycles. The van der Waals surface area contributed by atoms with E-state index in [1.807, 2.05) is 19.4 Å². The van der Waals surface area contributed by atoms with Crippen molar-refractivity contribution in [1.82, 2.24) is 10.3 Å². The lowest BCUT2D eigenvalue weighted by molar-refractivity contribution is 0.140. The monoisotopic (exact) mass is 168 g/mol. The summed E-state index contributed by atoms with van der Waals surface area (Å²) in [7, 11) is 1.93. The number of hydrogen-bond acceptors (Lipinski definition) is 2. The van der Waals surface area contributed by atoms with Gasteiger partial charge in [-0.05, 0) is 25.1 Å². The average Bonchev–Trinajstić information content (AvgIpc) is 2.57. The van der Waals surface area contributed by atoms with Crippen LogP contribution in [0.5, 0.6) is 0 Å². The van der Waals surface area contributed by atoms with Crippen LogP contribution in [0.25, 0.3) is 0 Å². The number of aromatic amines is 1. The Hall–Kier alpha value is -0.800. The molecule has 2 N–H and O–H groups in total. The highest BCUT2D eigenvalue weighted by molar-refractivity contribution is 5.07. The highest BCUT2D eigenvalue weighted by Gasteiger charge is 1.91. The van der Waals surface area contributed by atoms with Gasteiger partial charge in [-0.25, -0.2) is 0 Å². The number of aromatic nitrogens is 1. The zero-order valence-electron chi connectivity index (χ0n) is 7.47. The molecular weight excluding hydrogens is 152 g/mol. The molecular formula is C9H16N2O. The van der Waals surface area contributed by atoms with Crippen LogP contribution in [-0.2, 0) is 11.2 Å². The van der Waals surface area contributed by atoms with E-state index >= 15 is 0 Å². The normalized spacial score (nSPS) is 10.4. The zero-order chi connectivity index (χ0) is 8.65. The fourth-order valence-electron chi connectivity index (χ4n) is 0.980. The maximum absolute atomic E-state index is 5.37. The third-order valence-electron chi connectivity index (χ3n) is 1.69. The van der Waals surface area contributed by atoms with Crippen molar-refractivity contribution in [3.63, 3.8) is 0 Å². The van der Waals surface area contributed by atoms with Crippen LogP contribution in [0.3, 0.4) is 0 Å². The summed E-state index contributed by atoms with van der Waals surface area (Å²) in [6.07, 6.45) is 4.93. The predicted octanol–water partition coefficient (Wildman–Crippen LogP) is 0.793. The summed E-state index contributed by atoms with van der Waals surface area (Å²) in [4.78, 5) is 3.01. The van der Waals surface area contributed by atoms with Crippen molar-refractivity contribution in [3.8, 4) is 0 Å². The highest BCUT2D eigenvalue weighted by Crippen LogP contribution is 1.97. The van der Waals surface area contributed by atoms with Crippen molar-refractivity contribution >= 4 is 0 Å². The van der Waals surface area contributed by atoms with Crippen LogP contribution in [0, 0.1) is 0 Å². The van der Waals surface area contributed by atoms with E-state index in [9.17, 15) is 0 Å². The largest absolute Gasteiger partial charge is 0.380 e. The molecule has 0 aliphatic heterocycles. The molecule has 0 aliphatic rings. The quantitative estimate of drug-likeness (QED) is 0.616. The Labute approximate surface area is 73.1 Å². The first-order chi connectivity index (χ1) is 5.93. The smallest absolute Gasteiger partial charge is 0.0590 e.